The molecule has 21 heteroatoms. The molecule has 0 aliphatic heterocycles. The fourth-order valence-electron chi connectivity index (χ4n) is 20.1. The van der Waals surface area contributed by atoms with Gasteiger partial charge in [-0.1, -0.05) is 248 Å². The number of para-hydroxylation sites is 6. The Bertz CT molecular complexity index is 10400. The first-order valence-electron chi connectivity index (χ1n) is 48.5. The van der Waals surface area contributed by atoms with Crippen molar-refractivity contribution in [3.63, 3.8) is 0 Å². The van der Waals surface area contributed by atoms with Crippen molar-refractivity contribution in [2.75, 3.05) is 0 Å². The van der Waals surface area contributed by atoms with Gasteiger partial charge in [0, 0.05) is 152 Å². The van der Waals surface area contributed by atoms with Gasteiger partial charge in [-0.3, -0.25) is 14.5 Å². The van der Waals surface area contributed by atoms with Gasteiger partial charge in [0.05, 0.1) is 106 Å². The molecule has 31 aromatic rings. The number of thiophene rings is 6. The Labute approximate surface area is 866 Å². The largest absolute Gasteiger partial charge is 0.309 e. The van der Waals surface area contributed by atoms with Crippen molar-refractivity contribution >= 4 is 255 Å². The van der Waals surface area contributed by atoms with Crippen molar-refractivity contribution in [3.05, 3.63) is 441 Å². The maximum Gasteiger partial charge on any atom is 0.235 e. The number of nitrogens with zero attached hydrogens (tertiary/aromatic N) is 15. The molecule has 700 valence electrons. The van der Waals surface area contributed by atoms with Crippen LogP contribution in [-0.4, -0.2) is 73.5 Å². The quantitative estimate of drug-likeness (QED) is 0.148. The molecular weight excluding hydrogens is 1920 g/mol. The average molecular weight is 2000 g/mol. The van der Waals surface area contributed by atoms with Crippen LogP contribution in [0.25, 0.3) is 250 Å². The van der Waals surface area contributed by atoms with E-state index in [1.165, 1.54) is 147 Å². The number of aryl methyl sites for hydroxylation is 6. The van der Waals surface area contributed by atoms with Gasteiger partial charge in [0.2, 0.25) is 5.95 Å². The molecule has 31 rings (SSSR count). The average Bonchev–Trinajstić information content (AvgIpc) is 1.58. The summed E-state index contributed by atoms with van der Waals surface area (Å²) in [5.74, 6) is 3.74. The first kappa shape index (κ1) is 89.8. The van der Waals surface area contributed by atoms with Crippen LogP contribution in [0.4, 0.5) is 0 Å². The van der Waals surface area contributed by atoms with Crippen molar-refractivity contribution in [3.8, 4) is 63.0 Å². The normalized spacial score (nSPS) is 11.6. The van der Waals surface area contributed by atoms with Crippen molar-refractivity contribution in [2.45, 2.75) is 41.5 Å². The highest BCUT2D eigenvalue weighted by Crippen LogP contribution is 2.45. The molecule has 0 saturated heterocycles. The summed E-state index contributed by atoms with van der Waals surface area (Å²) in [6, 6.07) is 129. The third-order valence-corrected chi connectivity index (χ3v) is 34.5. The number of hydrogen-bond donors (Lipinski definition) is 0. The SMILES string of the molecule is Cc1ccc2sc3cnc(-c4ccc5c(c4)c4ccccc4n5-c4ccccc4)nc3c2c1.Cc1cccc2c1sc1cccnc12.Cc1cccc2c1sc1cnc(-c3ccc4c(c3)c3ccccc3n4-c3ccccc3)nc12.Cc1cccc2c1sc1cnc(-c3ccccc3)nc12.Cc1cccc2c1sc1cnc(-n3c4ccccc4c4ccccc43)nc12.Cc1nc(-c2ccccn2)nc2c1sc1ccccc12. The molecule has 0 saturated carbocycles. The zero-order valence-corrected chi connectivity index (χ0v) is 85.2. The van der Waals surface area contributed by atoms with Crippen LogP contribution in [0.15, 0.2) is 407 Å². The van der Waals surface area contributed by atoms with E-state index in [-0.39, 0.29) is 0 Å². The predicted molar refractivity (Wildman–Crippen MR) is 623 cm³/mol. The van der Waals surface area contributed by atoms with Crippen LogP contribution in [0, 0.1) is 41.5 Å². The molecule has 0 unspecified atom stereocenters. The summed E-state index contributed by atoms with van der Waals surface area (Å²) in [4.78, 5) is 56.6. The summed E-state index contributed by atoms with van der Waals surface area (Å²) >= 11 is 10.6. The molecule has 16 heterocycles. The number of aromatic nitrogens is 15. The standard InChI is InChI=1S/2C29H19N3S.C23H15N3S.C17H12N2S.C16H11N3S.C12H9NS/c1-18-8-7-12-22-27-26(33-28(18)22)17-30-29(31-27)19-14-15-25-23(16-19)21-11-5-6-13-24(21)32(25)20-9-3-2-4-10-20;1-18-11-14-26-23(15-18)28-27(33-26)17-30-29(31-28)19-12-13-25-22(16-19)21-9-5-6-10-24(21)32(25)20-7-3-2-4-8-20;1-14-7-6-10-17-21-20(27-22(14)17)13-24-23(25-21)26-18-11-4-2-8-15(18)16-9-3-5-12-19(16)26;1-11-6-5-9-13-15-14(20-16(11)13)10-18-17(19-15)12-7-3-2-4-8-12;1-10-15-14(11-6-2-3-8-13(11)20-15)19-16(18-10)12-7-4-5-9-17-12;1-8-4-2-5-9-11-10(14-12(8)9)6-3-7-13-11/h2*2-17H,1H3;2-13H,1H3;2-10H,1H3;2-9H,1H3;2-7H,1H3. The van der Waals surface area contributed by atoms with Gasteiger partial charge in [-0.25, -0.2) is 49.8 Å². The van der Waals surface area contributed by atoms with E-state index in [9.17, 15) is 0 Å². The second-order valence-corrected chi connectivity index (χ2v) is 42.8. The Morgan fingerprint density at radius 3 is 1.08 bits per heavy atom. The van der Waals surface area contributed by atoms with E-state index in [0.717, 1.165) is 131 Å². The van der Waals surface area contributed by atoms with Gasteiger partial charge in [0.1, 0.15) is 5.69 Å². The zero-order valence-electron chi connectivity index (χ0n) is 80.3. The van der Waals surface area contributed by atoms with Crippen LogP contribution >= 0.6 is 68.0 Å². The Kier molecular flexibility index (Phi) is 23.1. The van der Waals surface area contributed by atoms with Crippen LogP contribution in [0.3, 0.4) is 0 Å². The predicted octanol–water partition coefficient (Wildman–Crippen LogP) is 34.9. The highest BCUT2D eigenvalue weighted by molar-refractivity contribution is 7.28. The maximum atomic E-state index is 5.02. The van der Waals surface area contributed by atoms with E-state index in [1.807, 2.05) is 110 Å². The van der Waals surface area contributed by atoms with Crippen LogP contribution in [-0.2, 0) is 0 Å². The summed E-state index contributed by atoms with van der Waals surface area (Å²) in [5, 5.41) is 14.7. The second kappa shape index (κ2) is 37.8. The fourth-order valence-corrected chi connectivity index (χ4v) is 26.6. The van der Waals surface area contributed by atoms with Gasteiger partial charge in [-0.15, -0.1) is 68.0 Å². The van der Waals surface area contributed by atoms with E-state index in [0.29, 0.717) is 5.82 Å². The number of pyridine rings is 2. The van der Waals surface area contributed by atoms with Gasteiger partial charge in [-0.2, -0.15) is 0 Å². The maximum absolute atomic E-state index is 5.02. The minimum atomic E-state index is 0.694. The van der Waals surface area contributed by atoms with Gasteiger partial charge in [0.25, 0.3) is 0 Å². The number of rotatable bonds is 7. The summed E-state index contributed by atoms with van der Waals surface area (Å²) in [5.41, 5.74) is 27.1. The molecule has 0 N–H and O–H groups in total. The molecule has 0 spiro atoms. The van der Waals surface area contributed by atoms with Crippen molar-refractivity contribution < 1.29 is 0 Å². The lowest BCUT2D eigenvalue weighted by atomic mass is 10.1. The molecule has 0 bridgehead atoms. The van der Waals surface area contributed by atoms with E-state index < -0.39 is 0 Å². The monoisotopic (exact) mass is 2000 g/mol. The summed E-state index contributed by atoms with van der Waals surface area (Å²) in [6.07, 6.45) is 11.5. The lowest BCUT2D eigenvalue weighted by molar-refractivity contribution is 1.01. The van der Waals surface area contributed by atoms with E-state index in [1.54, 1.807) is 62.9 Å². The smallest absolute Gasteiger partial charge is 0.235 e. The molecule has 0 atom stereocenters. The minimum Gasteiger partial charge on any atom is -0.309 e. The Balaban J connectivity index is 0.0000000913. The summed E-state index contributed by atoms with van der Waals surface area (Å²) in [6.45, 7) is 12.8. The van der Waals surface area contributed by atoms with Gasteiger partial charge < -0.3 is 9.13 Å². The van der Waals surface area contributed by atoms with Crippen LogP contribution in [0.2, 0.25) is 0 Å². The first-order valence-corrected chi connectivity index (χ1v) is 53.4. The summed E-state index contributed by atoms with van der Waals surface area (Å²) in [7, 11) is 0. The third-order valence-electron chi connectivity index (χ3n) is 27.1. The van der Waals surface area contributed by atoms with Gasteiger partial charge >= 0.3 is 0 Å². The Morgan fingerprint density at radius 2 is 0.571 bits per heavy atom. The molecule has 147 heavy (non-hydrogen) atoms. The lowest BCUT2D eigenvalue weighted by Crippen LogP contribution is -2.00. The Hall–Kier alpha value is -17.3. The molecule has 0 fully saturated rings. The molecule has 16 aromatic heterocycles. The highest BCUT2D eigenvalue weighted by atomic mass is 32.1. The van der Waals surface area contributed by atoms with Crippen LogP contribution in [0.5, 0.6) is 0 Å². The van der Waals surface area contributed by atoms with Gasteiger partial charge in [-0.05, 0) is 191 Å². The Morgan fingerprint density at radius 1 is 0.197 bits per heavy atom. The van der Waals surface area contributed by atoms with Crippen molar-refractivity contribution in [2.24, 2.45) is 0 Å². The molecule has 15 aromatic carbocycles. The van der Waals surface area contributed by atoms with Crippen LogP contribution < -0.4 is 0 Å². The van der Waals surface area contributed by atoms with Crippen molar-refractivity contribution in [1.82, 2.24) is 73.5 Å². The minimum absolute atomic E-state index is 0.694. The number of fused-ring (bicyclic) bond motifs is 27. The highest BCUT2D eigenvalue weighted by Gasteiger charge is 2.23. The molecule has 15 nitrogen and oxygen atoms in total. The second-order valence-electron chi connectivity index (χ2n) is 36.5. The molecule has 0 radical (unpaired) electrons. The zero-order chi connectivity index (χ0) is 98.4. The molecular formula is C126H85N15S6. The van der Waals surface area contributed by atoms with Gasteiger partial charge in [0.15, 0.2) is 23.3 Å². The lowest BCUT2D eigenvalue weighted by Gasteiger charge is -2.07. The van der Waals surface area contributed by atoms with E-state index in [4.69, 9.17) is 39.9 Å². The molecule has 0 aliphatic rings. The summed E-state index contributed by atoms with van der Waals surface area (Å²) < 4.78 is 21.5. The van der Waals surface area contributed by atoms with Crippen molar-refractivity contribution in [1.29, 1.82) is 0 Å². The number of benzene rings is 15. The van der Waals surface area contributed by atoms with E-state index in [2.05, 4.69) is 378 Å². The number of hydrogen-bond acceptors (Lipinski definition) is 18. The topological polar surface area (TPSA) is 169 Å². The fraction of sp³-hybridized carbons (Fsp3) is 0.0476. The molecule has 0 aliphatic carbocycles. The van der Waals surface area contributed by atoms with Crippen LogP contribution in [0.1, 0.15) is 33.5 Å². The third kappa shape index (κ3) is 16.3. The molecule has 0 amide bonds. The van der Waals surface area contributed by atoms with E-state index >= 15 is 0 Å². The first-order chi connectivity index (χ1) is 72.4.